The van der Waals surface area contributed by atoms with Crippen LogP contribution in [-0.4, -0.2) is 48.7 Å². The second-order valence-corrected chi connectivity index (χ2v) is 9.19. The van der Waals surface area contributed by atoms with Gasteiger partial charge in [-0.05, 0) is 54.9 Å². The van der Waals surface area contributed by atoms with Gasteiger partial charge in [0.15, 0.2) is 0 Å². The van der Waals surface area contributed by atoms with Gasteiger partial charge in [0.2, 0.25) is 0 Å². The van der Waals surface area contributed by atoms with Crippen LogP contribution >= 0.6 is 0 Å². The number of carbonyl (C=O) groups excluding carboxylic acids is 2. The number of pyridine rings is 1. The van der Waals surface area contributed by atoms with Crippen molar-refractivity contribution in [2.75, 3.05) is 20.2 Å². The average molecular weight is 454 g/mol. The summed E-state index contributed by atoms with van der Waals surface area (Å²) in [6, 6.07) is 9.02. The number of nitrogens with zero attached hydrogens (tertiary/aromatic N) is 1. The van der Waals surface area contributed by atoms with E-state index in [-0.39, 0.29) is 35.7 Å². The molecule has 1 aromatic heterocycles. The second-order valence-electron chi connectivity index (χ2n) is 9.19. The number of ether oxygens (including phenoxy) is 1. The van der Waals surface area contributed by atoms with Gasteiger partial charge in [-0.15, -0.1) is 0 Å². The highest BCUT2D eigenvalue weighted by molar-refractivity contribution is 5.99. The lowest BCUT2D eigenvalue weighted by molar-refractivity contribution is -0.0159. The van der Waals surface area contributed by atoms with Gasteiger partial charge in [0.25, 0.3) is 17.4 Å². The highest BCUT2D eigenvalue weighted by Crippen LogP contribution is 2.55. The Morgan fingerprint density at radius 2 is 1.94 bits per heavy atom. The number of amides is 2. The van der Waals surface area contributed by atoms with Crippen molar-refractivity contribution in [1.29, 1.82) is 0 Å². The molecule has 0 atom stereocenters. The van der Waals surface area contributed by atoms with E-state index in [4.69, 9.17) is 16.2 Å². The first-order valence-electron chi connectivity index (χ1n) is 11.3. The van der Waals surface area contributed by atoms with Gasteiger partial charge < -0.3 is 31.4 Å². The Bertz CT molecular complexity index is 1100. The molecule has 2 aliphatic carbocycles. The van der Waals surface area contributed by atoms with E-state index in [0.717, 1.165) is 31.2 Å². The lowest BCUT2D eigenvalue weighted by Crippen LogP contribution is -2.59. The van der Waals surface area contributed by atoms with E-state index in [0.29, 0.717) is 24.3 Å². The van der Waals surface area contributed by atoms with E-state index in [9.17, 15) is 14.4 Å². The van der Waals surface area contributed by atoms with Gasteiger partial charge in [-0.2, -0.15) is 0 Å². The average Bonchev–Trinajstić information content (AvgIpc) is 2.76. The zero-order valence-electron chi connectivity index (χ0n) is 18.8. The maximum absolute atomic E-state index is 13.0. The van der Waals surface area contributed by atoms with Crippen LogP contribution in [0.4, 0.5) is 0 Å². The van der Waals surface area contributed by atoms with Crippen molar-refractivity contribution in [3.8, 4) is 5.75 Å². The molecule has 4 rings (SSSR count). The quantitative estimate of drug-likeness (QED) is 0.461. The smallest absolute Gasteiger partial charge is 0.263 e. The summed E-state index contributed by atoms with van der Waals surface area (Å²) in [4.78, 5) is 38.3. The molecule has 176 valence electrons. The maximum atomic E-state index is 13.0. The molecule has 9 heteroatoms. The molecule has 2 aromatic rings. The Balaban J connectivity index is 1.54. The van der Waals surface area contributed by atoms with Crippen LogP contribution in [-0.2, 0) is 6.54 Å². The van der Waals surface area contributed by atoms with Crippen LogP contribution in [0.15, 0.2) is 41.3 Å². The molecule has 2 aliphatic rings. The highest BCUT2D eigenvalue weighted by Gasteiger charge is 2.52. The van der Waals surface area contributed by atoms with Crippen molar-refractivity contribution in [3.63, 3.8) is 0 Å². The molecule has 0 unspecified atom stereocenters. The number of carbonyl (C=O) groups is 2. The first-order chi connectivity index (χ1) is 15.8. The molecule has 2 amide bonds. The number of hydrogen-bond donors (Lipinski definition) is 4. The van der Waals surface area contributed by atoms with E-state index < -0.39 is 11.5 Å². The van der Waals surface area contributed by atoms with Gasteiger partial charge >= 0.3 is 0 Å². The predicted molar refractivity (Wildman–Crippen MR) is 124 cm³/mol. The second kappa shape index (κ2) is 9.36. The molecule has 33 heavy (non-hydrogen) atoms. The van der Waals surface area contributed by atoms with Crippen LogP contribution in [0.2, 0.25) is 0 Å². The van der Waals surface area contributed by atoms with E-state index in [1.165, 1.54) is 23.9 Å². The van der Waals surface area contributed by atoms with Gasteiger partial charge in [0, 0.05) is 31.9 Å². The third kappa shape index (κ3) is 4.94. The largest absolute Gasteiger partial charge is 0.492 e. The Hall–Kier alpha value is -3.17. The number of nitrogens with two attached hydrogens (primary N) is 2. The summed E-state index contributed by atoms with van der Waals surface area (Å²) < 4.78 is 6.94. The highest BCUT2D eigenvalue weighted by atomic mass is 16.5. The number of nitrogens with one attached hydrogen (secondary N) is 2. The minimum atomic E-state index is -0.533. The molecule has 1 spiro atoms. The topological polar surface area (TPSA) is 141 Å². The van der Waals surface area contributed by atoms with Gasteiger partial charge in [0.05, 0.1) is 12.1 Å². The number of benzene rings is 1. The minimum Gasteiger partial charge on any atom is -0.492 e. The summed E-state index contributed by atoms with van der Waals surface area (Å²) in [6.45, 7) is 0.966. The van der Waals surface area contributed by atoms with Crippen LogP contribution in [0.5, 0.6) is 5.75 Å². The third-order valence-corrected chi connectivity index (χ3v) is 6.54. The molecule has 9 nitrogen and oxygen atoms in total. The SMILES string of the molecule is CNC(=O)c1cc(C(=O)NC2CC3(CC(N)C3)C2)cn(Cc2cccc(OCCN)c2)c1=O. The van der Waals surface area contributed by atoms with Crippen molar-refractivity contribution in [1.82, 2.24) is 15.2 Å². The maximum Gasteiger partial charge on any atom is 0.263 e. The molecule has 0 radical (unpaired) electrons. The van der Waals surface area contributed by atoms with E-state index >= 15 is 0 Å². The number of hydrogen-bond acceptors (Lipinski definition) is 6. The van der Waals surface area contributed by atoms with Crippen LogP contribution in [0.1, 0.15) is 52.0 Å². The minimum absolute atomic E-state index is 0.0734. The van der Waals surface area contributed by atoms with Crippen molar-refractivity contribution in [2.45, 2.75) is 44.3 Å². The first-order valence-corrected chi connectivity index (χ1v) is 11.3. The molecule has 0 aliphatic heterocycles. The van der Waals surface area contributed by atoms with Crippen molar-refractivity contribution in [3.05, 3.63) is 63.6 Å². The third-order valence-electron chi connectivity index (χ3n) is 6.54. The molecule has 6 N–H and O–H groups in total. The van der Waals surface area contributed by atoms with Gasteiger partial charge in [-0.1, -0.05) is 12.1 Å². The van der Waals surface area contributed by atoms with E-state index in [2.05, 4.69) is 10.6 Å². The number of rotatable bonds is 8. The summed E-state index contributed by atoms with van der Waals surface area (Å²) in [7, 11) is 1.45. The zero-order chi connectivity index (χ0) is 23.6. The zero-order valence-corrected chi connectivity index (χ0v) is 18.8. The fourth-order valence-corrected chi connectivity index (χ4v) is 5.02. The van der Waals surface area contributed by atoms with Crippen LogP contribution in [0.25, 0.3) is 0 Å². The van der Waals surface area contributed by atoms with Crippen LogP contribution in [0, 0.1) is 5.41 Å². The molecule has 0 saturated heterocycles. The normalized spacial score (nSPS) is 23.4. The standard InChI is InChI=1S/C24H31N5O4/c1-27-22(31)20-8-16(21(30)28-18-11-24(12-18)9-17(26)10-24)14-29(23(20)32)13-15-3-2-4-19(7-15)33-6-5-25/h2-4,7-8,14,17-18H,5-6,9-13,25-26H2,1H3,(H,27,31)(H,28,30). The fourth-order valence-electron chi connectivity index (χ4n) is 5.02. The van der Waals surface area contributed by atoms with Crippen molar-refractivity contribution < 1.29 is 14.3 Å². The molecular weight excluding hydrogens is 422 g/mol. The number of aromatic nitrogens is 1. The molecule has 2 fully saturated rings. The predicted octanol–water partition coefficient (Wildman–Crippen LogP) is 0.593. The summed E-state index contributed by atoms with van der Waals surface area (Å²) >= 11 is 0. The lowest BCUT2D eigenvalue weighted by Gasteiger charge is -2.57. The molecule has 0 bridgehead atoms. The molecule has 1 aromatic carbocycles. The van der Waals surface area contributed by atoms with Crippen LogP contribution in [0.3, 0.4) is 0 Å². The van der Waals surface area contributed by atoms with Crippen molar-refractivity contribution in [2.24, 2.45) is 16.9 Å². The Morgan fingerprint density at radius 3 is 2.61 bits per heavy atom. The Morgan fingerprint density at radius 1 is 1.18 bits per heavy atom. The fraction of sp³-hybridized carbons (Fsp3) is 0.458. The van der Waals surface area contributed by atoms with Crippen molar-refractivity contribution >= 4 is 11.8 Å². The Labute approximate surface area is 192 Å². The summed E-state index contributed by atoms with van der Waals surface area (Å²) in [5, 5.41) is 5.52. The molecule has 1 heterocycles. The van der Waals surface area contributed by atoms with E-state index in [1.807, 2.05) is 24.3 Å². The van der Waals surface area contributed by atoms with Gasteiger partial charge in [0.1, 0.15) is 17.9 Å². The summed E-state index contributed by atoms with van der Waals surface area (Å²) in [5.41, 5.74) is 12.2. The molecule has 2 saturated carbocycles. The first kappa shape index (κ1) is 23.0. The lowest BCUT2D eigenvalue weighted by atomic mass is 9.52. The van der Waals surface area contributed by atoms with Crippen LogP contribution < -0.4 is 32.4 Å². The van der Waals surface area contributed by atoms with Gasteiger partial charge in [-0.3, -0.25) is 14.4 Å². The summed E-state index contributed by atoms with van der Waals surface area (Å²) in [5.74, 6) is -0.187. The monoisotopic (exact) mass is 453 g/mol. The Kier molecular flexibility index (Phi) is 6.53. The van der Waals surface area contributed by atoms with E-state index in [1.54, 1.807) is 0 Å². The molecular formula is C24H31N5O4. The summed E-state index contributed by atoms with van der Waals surface area (Å²) in [6.07, 6.45) is 5.37. The van der Waals surface area contributed by atoms with Gasteiger partial charge in [-0.25, -0.2) is 0 Å².